The zero-order valence-electron chi connectivity index (χ0n) is 12.4. The van der Waals surface area contributed by atoms with E-state index in [0.717, 1.165) is 23.3 Å². The van der Waals surface area contributed by atoms with Crippen LogP contribution in [-0.2, 0) is 6.42 Å². The van der Waals surface area contributed by atoms with Crippen LogP contribution in [0.25, 0.3) is 21.3 Å². The number of hydrogen-bond acceptors (Lipinski definition) is 5. The number of rotatable bonds is 4. The maximum atomic E-state index is 5.97. The molecule has 3 aromatic heterocycles. The molecule has 116 valence electrons. The summed E-state index contributed by atoms with van der Waals surface area (Å²) in [6.45, 7) is 2.86. The highest BCUT2D eigenvalue weighted by Crippen LogP contribution is 2.25. The van der Waals surface area contributed by atoms with Crippen LogP contribution in [0, 0.1) is 6.92 Å². The number of anilines is 1. The summed E-state index contributed by atoms with van der Waals surface area (Å²) in [6.07, 6.45) is 0.892. The second-order valence-corrected chi connectivity index (χ2v) is 6.47. The van der Waals surface area contributed by atoms with E-state index in [0.29, 0.717) is 5.82 Å². The molecule has 0 aliphatic heterocycles. The molecule has 4 aromatic rings. The summed E-state index contributed by atoms with van der Waals surface area (Å²) in [5.74, 6) is 0.693. The molecule has 5 nitrogen and oxygen atoms in total. The van der Waals surface area contributed by atoms with Crippen molar-refractivity contribution in [1.82, 2.24) is 19.9 Å². The Kier molecular flexibility index (Phi) is 3.63. The fourth-order valence-corrected chi connectivity index (χ4v) is 3.70. The van der Waals surface area contributed by atoms with Crippen LogP contribution >= 0.6 is 22.9 Å². The number of benzene rings is 1. The van der Waals surface area contributed by atoms with Gasteiger partial charge in [-0.05, 0) is 36.6 Å². The first-order valence-corrected chi connectivity index (χ1v) is 8.55. The number of aromatic amines is 1. The van der Waals surface area contributed by atoms with Gasteiger partial charge >= 0.3 is 0 Å². The van der Waals surface area contributed by atoms with Crippen LogP contribution in [0.2, 0.25) is 5.28 Å². The second kappa shape index (κ2) is 5.79. The van der Waals surface area contributed by atoms with Crippen LogP contribution in [0.1, 0.15) is 11.3 Å². The van der Waals surface area contributed by atoms with Crippen molar-refractivity contribution in [2.75, 3.05) is 11.9 Å². The lowest BCUT2D eigenvalue weighted by Crippen LogP contribution is -2.08. The lowest BCUT2D eigenvalue weighted by molar-refractivity contribution is 0.997. The Bertz CT molecular complexity index is 991. The topological polar surface area (TPSA) is 66.5 Å². The Morgan fingerprint density at radius 1 is 1.26 bits per heavy atom. The smallest absolute Gasteiger partial charge is 0.225 e. The third-order valence-corrected chi connectivity index (χ3v) is 4.75. The average Bonchev–Trinajstić information content (AvgIpc) is 3.11. The molecule has 0 unspecified atom stereocenters. The highest BCUT2D eigenvalue weighted by Gasteiger charge is 2.11. The van der Waals surface area contributed by atoms with E-state index in [2.05, 4.69) is 50.4 Å². The first-order valence-electron chi connectivity index (χ1n) is 7.29. The summed E-state index contributed by atoms with van der Waals surface area (Å²) < 4.78 is 0. The van der Waals surface area contributed by atoms with Gasteiger partial charge in [0, 0.05) is 23.1 Å². The van der Waals surface area contributed by atoms with Gasteiger partial charge < -0.3 is 10.3 Å². The first-order chi connectivity index (χ1) is 11.2. The predicted octanol–water partition coefficient (Wildman–Crippen LogP) is 4.18. The molecule has 23 heavy (non-hydrogen) atoms. The van der Waals surface area contributed by atoms with E-state index in [1.165, 1.54) is 33.5 Å². The number of nitrogens with one attached hydrogen (secondary N) is 2. The molecule has 2 N–H and O–H groups in total. The number of para-hydroxylation sites is 1. The molecule has 0 atom stereocenters. The summed E-state index contributed by atoms with van der Waals surface area (Å²) in [4.78, 5) is 17.0. The molecular formula is C16H14ClN5S. The summed E-state index contributed by atoms with van der Waals surface area (Å²) >= 11 is 7.43. The number of fused-ring (bicyclic) bond motifs is 2. The van der Waals surface area contributed by atoms with E-state index >= 15 is 0 Å². The van der Waals surface area contributed by atoms with Crippen molar-refractivity contribution in [1.29, 1.82) is 0 Å². The number of aromatic nitrogens is 4. The third-order valence-electron chi connectivity index (χ3n) is 3.87. The molecule has 0 aliphatic carbocycles. The van der Waals surface area contributed by atoms with Gasteiger partial charge in [-0.3, -0.25) is 0 Å². The van der Waals surface area contributed by atoms with E-state index in [1.54, 1.807) is 5.51 Å². The van der Waals surface area contributed by atoms with Crippen molar-refractivity contribution in [2.24, 2.45) is 0 Å². The van der Waals surface area contributed by atoms with Gasteiger partial charge in [-0.1, -0.05) is 18.2 Å². The zero-order chi connectivity index (χ0) is 15.8. The summed E-state index contributed by atoms with van der Waals surface area (Å²) in [5.41, 5.74) is 6.22. The van der Waals surface area contributed by atoms with Gasteiger partial charge in [0.2, 0.25) is 5.28 Å². The Hall–Kier alpha value is -2.18. The van der Waals surface area contributed by atoms with Crippen molar-refractivity contribution in [3.63, 3.8) is 0 Å². The van der Waals surface area contributed by atoms with E-state index in [9.17, 15) is 0 Å². The van der Waals surface area contributed by atoms with E-state index in [4.69, 9.17) is 11.6 Å². The van der Waals surface area contributed by atoms with Crippen LogP contribution in [0.5, 0.6) is 0 Å². The van der Waals surface area contributed by atoms with Crippen molar-refractivity contribution >= 4 is 50.0 Å². The van der Waals surface area contributed by atoms with Crippen LogP contribution in [0.15, 0.2) is 29.8 Å². The fraction of sp³-hybridized carbons (Fsp3) is 0.188. The molecule has 0 bridgehead atoms. The lowest BCUT2D eigenvalue weighted by Gasteiger charge is -2.07. The number of halogens is 1. The van der Waals surface area contributed by atoms with Gasteiger partial charge in [-0.15, -0.1) is 11.3 Å². The predicted molar refractivity (Wildman–Crippen MR) is 95.4 cm³/mol. The molecule has 0 saturated heterocycles. The first kappa shape index (κ1) is 14.4. The SMILES string of the molecule is Cc1[nH]c2ccccc2c1CCNc1nc(Cl)nc2scnc12. The minimum absolute atomic E-state index is 0.243. The molecule has 0 fully saturated rings. The molecule has 3 heterocycles. The minimum atomic E-state index is 0.243. The number of aryl methyl sites for hydroxylation is 1. The Morgan fingerprint density at radius 2 is 2.13 bits per heavy atom. The standard InChI is InChI=1S/C16H14ClN5S/c1-9-10(11-4-2-3-5-12(11)20-9)6-7-18-14-13-15(23-8-19-13)22-16(17)21-14/h2-5,8,20H,6-7H2,1H3,(H,18,21,22). The summed E-state index contributed by atoms with van der Waals surface area (Å²) in [7, 11) is 0. The molecule has 0 amide bonds. The van der Waals surface area contributed by atoms with E-state index in [1.807, 2.05) is 6.07 Å². The zero-order valence-corrected chi connectivity index (χ0v) is 14.0. The lowest BCUT2D eigenvalue weighted by atomic mass is 10.1. The van der Waals surface area contributed by atoms with Gasteiger partial charge in [0.1, 0.15) is 5.52 Å². The largest absolute Gasteiger partial charge is 0.368 e. The molecule has 7 heteroatoms. The van der Waals surface area contributed by atoms with E-state index < -0.39 is 0 Å². The number of nitrogens with zero attached hydrogens (tertiary/aromatic N) is 3. The number of hydrogen-bond donors (Lipinski definition) is 2. The van der Waals surface area contributed by atoms with Crippen LogP contribution in [0.4, 0.5) is 5.82 Å². The quantitative estimate of drug-likeness (QED) is 0.545. The van der Waals surface area contributed by atoms with Gasteiger partial charge in [-0.2, -0.15) is 4.98 Å². The third kappa shape index (κ3) is 2.64. The maximum Gasteiger partial charge on any atom is 0.225 e. The summed E-state index contributed by atoms with van der Waals surface area (Å²) in [5, 5.41) is 4.85. The molecule has 0 spiro atoms. The van der Waals surface area contributed by atoms with Crippen molar-refractivity contribution in [2.45, 2.75) is 13.3 Å². The summed E-state index contributed by atoms with van der Waals surface area (Å²) in [6, 6.07) is 8.36. The van der Waals surface area contributed by atoms with Crippen molar-refractivity contribution in [3.8, 4) is 0 Å². The van der Waals surface area contributed by atoms with Gasteiger partial charge in [0.15, 0.2) is 10.6 Å². The molecule has 0 aliphatic rings. The van der Waals surface area contributed by atoms with Crippen LogP contribution < -0.4 is 5.32 Å². The Morgan fingerprint density at radius 3 is 3.04 bits per heavy atom. The minimum Gasteiger partial charge on any atom is -0.368 e. The second-order valence-electron chi connectivity index (χ2n) is 5.30. The van der Waals surface area contributed by atoms with Gasteiger partial charge in [-0.25, -0.2) is 9.97 Å². The van der Waals surface area contributed by atoms with Gasteiger partial charge in [0.25, 0.3) is 0 Å². The van der Waals surface area contributed by atoms with Crippen molar-refractivity contribution in [3.05, 3.63) is 46.3 Å². The molecule has 1 aromatic carbocycles. The molecule has 4 rings (SSSR count). The number of H-pyrrole nitrogens is 1. The average molecular weight is 344 g/mol. The molecular weight excluding hydrogens is 330 g/mol. The van der Waals surface area contributed by atoms with Crippen molar-refractivity contribution < 1.29 is 0 Å². The number of thiazole rings is 1. The van der Waals surface area contributed by atoms with E-state index in [-0.39, 0.29) is 5.28 Å². The Balaban J connectivity index is 1.57. The van der Waals surface area contributed by atoms with Crippen LogP contribution in [-0.4, -0.2) is 26.5 Å². The normalized spacial score (nSPS) is 11.4. The van der Waals surface area contributed by atoms with Crippen LogP contribution in [0.3, 0.4) is 0 Å². The molecule has 0 saturated carbocycles. The highest BCUT2D eigenvalue weighted by molar-refractivity contribution is 7.16. The monoisotopic (exact) mass is 343 g/mol. The Labute approximate surface area is 141 Å². The maximum absolute atomic E-state index is 5.97. The fourth-order valence-electron chi connectivity index (χ4n) is 2.82. The molecule has 0 radical (unpaired) electrons. The highest BCUT2D eigenvalue weighted by atomic mass is 35.5. The van der Waals surface area contributed by atoms with Gasteiger partial charge in [0.05, 0.1) is 5.51 Å².